The van der Waals surface area contributed by atoms with Crippen molar-refractivity contribution in [3.8, 4) is 0 Å². The van der Waals surface area contributed by atoms with Gasteiger partial charge in [-0.3, -0.25) is 0 Å². The molecule has 0 heterocycles. The molecule has 0 aromatic heterocycles. The van der Waals surface area contributed by atoms with Crippen LogP contribution in [0.1, 0.15) is 32.3 Å². The van der Waals surface area contributed by atoms with E-state index < -0.39 is 0 Å². The minimum Gasteiger partial charge on any atom is -0.389 e. The van der Waals surface area contributed by atoms with Crippen molar-refractivity contribution >= 4 is 38.8 Å². The number of hydrogen-bond acceptors (Lipinski definition) is 2. The number of rotatable bonds is 5. The zero-order valence-electron chi connectivity index (χ0n) is 9.59. The van der Waals surface area contributed by atoms with Crippen molar-refractivity contribution in [1.29, 1.82) is 0 Å². The van der Waals surface area contributed by atoms with E-state index in [2.05, 4.69) is 35.1 Å². The fourth-order valence-electron chi connectivity index (χ4n) is 1.50. The molecule has 0 spiro atoms. The lowest BCUT2D eigenvalue weighted by Gasteiger charge is -2.17. The van der Waals surface area contributed by atoms with E-state index in [0.717, 1.165) is 28.6 Å². The third kappa shape index (κ3) is 3.46. The highest BCUT2D eigenvalue weighted by atomic mass is 79.9. The number of nitrogens with one attached hydrogen (secondary N) is 1. The van der Waals surface area contributed by atoms with E-state index in [4.69, 9.17) is 18.0 Å². The summed E-state index contributed by atoms with van der Waals surface area (Å²) in [6.07, 6.45) is 2.22. The van der Waals surface area contributed by atoms with Gasteiger partial charge in [0.25, 0.3) is 0 Å². The Morgan fingerprint density at radius 1 is 1.44 bits per heavy atom. The van der Waals surface area contributed by atoms with Crippen LogP contribution in [-0.4, -0.2) is 11.0 Å². The minimum atomic E-state index is 0.426. The standard InChI is InChI=1S/C12H17BrN2S/c1-3-9(4-2)15-11-6-5-8(12(14)16)7-10(11)13/h5-7,9,15H,3-4H2,1-2H3,(H2,14,16). The van der Waals surface area contributed by atoms with Crippen molar-refractivity contribution in [3.05, 3.63) is 28.2 Å². The highest BCUT2D eigenvalue weighted by Crippen LogP contribution is 2.25. The average molecular weight is 301 g/mol. The van der Waals surface area contributed by atoms with E-state index in [-0.39, 0.29) is 0 Å². The molecule has 0 aliphatic carbocycles. The molecule has 4 heteroatoms. The molecular weight excluding hydrogens is 284 g/mol. The van der Waals surface area contributed by atoms with Crippen molar-refractivity contribution in [3.63, 3.8) is 0 Å². The quantitative estimate of drug-likeness (QED) is 0.815. The molecule has 1 aromatic carbocycles. The second-order valence-corrected chi connectivity index (χ2v) is 5.01. The van der Waals surface area contributed by atoms with E-state index in [9.17, 15) is 0 Å². The molecule has 0 aliphatic rings. The lowest BCUT2D eigenvalue weighted by molar-refractivity contribution is 0.671. The summed E-state index contributed by atoms with van der Waals surface area (Å²) < 4.78 is 1.00. The Hall–Kier alpha value is -0.610. The summed E-state index contributed by atoms with van der Waals surface area (Å²) in [5.74, 6) is 0. The maximum absolute atomic E-state index is 5.58. The lowest BCUT2D eigenvalue weighted by Crippen LogP contribution is -2.17. The molecule has 0 unspecified atom stereocenters. The lowest BCUT2D eigenvalue weighted by atomic mass is 10.1. The van der Waals surface area contributed by atoms with Gasteiger partial charge in [0, 0.05) is 21.8 Å². The van der Waals surface area contributed by atoms with Gasteiger partial charge in [0.1, 0.15) is 4.99 Å². The molecule has 1 aromatic rings. The Balaban J connectivity index is 2.86. The van der Waals surface area contributed by atoms with Crippen LogP contribution in [0.4, 0.5) is 5.69 Å². The summed E-state index contributed by atoms with van der Waals surface area (Å²) in [6.45, 7) is 4.36. The highest BCUT2D eigenvalue weighted by molar-refractivity contribution is 9.10. The molecule has 16 heavy (non-hydrogen) atoms. The van der Waals surface area contributed by atoms with Crippen LogP contribution in [0.3, 0.4) is 0 Å². The smallest absolute Gasteiger partial charge is 0.104 e. The predicted molar refractivity (Wildman–Crippen MR) is 78.0 cm³/mol. The van der Waals surface area contributed by atoms with E-state index in [1.165, 1.54) is 0 Å². The largest absolute Gasteiger partial charge is 0.389 e. The highest BCUT2D eigenvalue weighted by Gasteiger charge is 2.07. The second kappa shape index (κ2) is 6.21. The molecule has 3 N–H and O–H groups in total. The maximum atomic E-state index is 5.58. The van der Waals surface area contributed by atoms with Crippen molar-refractivity contribution in [1.82, 2.24) is 0 Å². The third-order valence-electron chi connectivity index (χ3n) is 2.60. The number of benzene rings is 1. The normalized spacial score (nSPS) is 10.5. The van der Waals surface area contributed by atoms with Gasteiger partial charge in [-0.05, 0) is 47.0 Å². The van der Waals surface area contributed by atoms with Crippen molar-refractivity contribution in [2.75, 3.05) is 5.32 Å². The molecule has 0 saturated heterocycles. The Kier molecular flexibility index (Phi) is 5.22. The average Bonchev–Trinajstić information content (AvgIpc) is 2.27. The molecular formula is C12H17BrN2S. The summed E-state index contributed by atoms with van der Waals surface area (Å²) in [4.78, 5) is 0.426. The van der Waals surface area contributed by atoms with Gasteiger partial charge in [0.15, 0.2) is 0 Å². The van der Waals surface area contributed by atoms with Crippen LogP contribution in [-0.2, 0) is 0 Å². The third-order valence-corrected chi connectivity index (χ3v) is 3.49. The fourth-order valence-corrected chi connectivity index (χ4v) is 2.12. The summed E-state index contributed by atoms with van der Waals surface area (Å²) in [5.41, 5.74) is 7.55. The van der Waals surface area contributed by atoms with Gasteiger partial charge in [-0.1, -0.05) is 26.1 Å². The van der Waals surface area contributed by atoms with Crippen LogP contribution in [0.2, 0.25) is 0 Å². The molecule has 88 valence electrons. The monoisotopic (exact) mass is 300 g/mol. The molecule has 2 nitrogen and oxygen atoms in total. The Morgan fingerprint density at radius 2 is 2.06 bits per heavy atom. The first-order chi connectivity index (χ1) is 7.58. The van der Waals surface area contributed by atoms with Crippen LogP contribution in [0.25, 0.3) is 0 Å². The zero-order chi connectivity index (χ0) is 12.1. The van der Waals surface area contributed by atoms with Gasteiger partial charge >= 0.3 is 0 Å². The SMILES string of the molecule is CCC(CC)Nc1ccc(C(N)=S)cc1Br. The first-order valence-corrected chi connectivity index (χ1v) is 6.64. The van der Waals surface area contributed by atoms with Crippen LogP contribution in [0, 0.1) is 0 Å². The number of anilines is 1. The zero-order valence-corrected chi connectivity index (χ0v) is 12.0. The van der Waals surface area contributed by atoms with Gasteiger partial charge in [-0.2, -0.15) is 0 Å². The number of halogens is 1. The molecule has 0 fully saturated rings. The first-order valence-electron chi connectivity index (χ1n) is 5.44. The van der Waals surface area contributed by atoms with Crippen LogP contribution < -0.4 is 11.1 Å². The van der Waals surface area contributed by atoms with Gasteiger partial charge in [-0.25, -0.2) is 0 Å². The van der Waals surface area contributed by atoms with E-state index in [1.54, 1.807) is 0 Å². The minimum absolute atomic E-state index is 0.426. The van der Waals surface area contributed by atoms with Crippen LogP contribution in [0.5, 0.6) is 0 Å². The van der Waals surface area contributed by atoms with E-state index in [1.807, 2.05) is 18.2 Å². The summed E-state index contributed by atoms with van der Waals surface area (Å²) >= 11 is 8.46. The Morgan fingerprint density at radius 3 is 2.50 bits per heavy atom. The summed E-state index contributed by atoms with van der Waals surface area (Å²) in [7, 11) is 0. The molecule has 0 amide bonds. The molecule has 0 bridgehead atoms. The maximum Gasteiger partial charge on any atom is 0.104 e. The summed E-state index contributed by atoms with van der Waals surface area (Å²) in [5, 5.41) is 3.48. The molecule has 0 saturated carbocycles. The molecule has 0 aliphatic heterocycles. The van der Waals surface area contributed by atoms with E-state index >= 15 is 0 Å². The number of thiocarbonyl (C=S) groups is 1. The fraction of sp³-hybridized carbons (Fsp3) is 0.417. The van der Waals surface area contributed by atoms with Gasteiger partial charge in [-0.15, -0.1) is 0 Å². The Labute approximate surface area is 111 Å². The van der Waals surface area contributed by atoms with Crippen molar-refractivity contribution < 1.29 is 0 Å². The van der Waals surface area contributed by atoms with Gasteiger partial charge < -0.3 is 11.1 Å². The van der Waals surface area contributed by atoms with Gasteiger partial charge in [0.05, 0.1) is 0 Å². The molecule has 0 atom stereocenters. The predicted octanol–water partition coefficient (Wildman–Crippen LogP) is 3.68. The molecule has 0 radical (unpaired) electrons. The van der Waals surface area contributed by atoms with Crippen LogP contribution >= 0.6 is 28.1 Å². The van der Waals surface area contributed by atoms with E-state index in [0.29, 0.717) is 11.0 Å². The number of hydrogen-bond donors (Lipinski definition) is 2. The molecule has 1 rings (SSSR count). The first kappa shape index (κ1) is 13.5. The van der Waals surface area contributed by atoms with Gasteiger partial charge in [0.2, 0.25) is 0 Å². The van der Waals surface area contributed by atoms with Crippen LogP contribution in [0.15, 0.2) is 22.7 Å². The Bertz CT molecular complexity index is 375. The van der Waals surface area contributed by atoms with Crippen molar-refractivity contribution in [2.24, 2.45) is 5.73 Å². The van der Waals surface area contributed by atoms with Crippen molar-refractivity contribution in [2.45, 2.75) is 32.7 Å². The number of nitrogens with two attached hydrogens (primary N) is 1. The second-order valence-electron chi connectivity index (χ2n) is 3.72. The topological polar surface area (TPSA) is 38.0 Å². The summed E-state index contributed by atoms with van der Waals surface area (Å²) in [6, 6.07) is 6.41.